The molecule has 3 heteroatoms. The largest absolute Gasteiger partial charge is 0.312 e. The van der Waals surface area contributed by atoms with Crippen molar-refractivity contribution in [2.24, 2.45) is 5.92 Å². The van der Waals surface area contributed by atoms with Crippen LogP contribution in [-0.4, -0.2) is 16.3 Å². The monoisotopic (exact) mass is 223 g/mol. The number of nitrogens with zero attached hydrogens (tertiary/aromatic N) is 2. The number of aromatic nitrogens is 2. The van der Waals surface area contributed by atoms with Crippen molar-refractivity contribution in [3.8, 4) is 0 Å². The number of nitrogens with one attached hydrogen (secondary N) is 1. The highest BCUT2D eigenvalue weighted by atomic mass is 15.3. The van der Waals surface area contributed by atoms with E-state index in [-0.39, 0.29) is 0 Å². The first-order valence-corrected chi connectivity index (χ1v) is 6.37. The van der Waals surface area contributed by atoms with Gasteiger partial charge in [-0.05, 0) is 25.8 Å². The van der Waals surface area contributed by atoms with Gasteiger partial charge in [-0.2, -0.15) is 5.10 Å². The van der Waals surface area contributed by atoms with Crippen LogP contribution in [0.3, 0.4) is 0 Å². The Morgan fingerprint density at radius 3 is 2.75 bits per heavy atom. The highest BCUT2D eigenvalue weighted by molar-refractivity contribution is 5.03. The maximum atomic E-state index is 4.41. The Bertz CT molecular complexity index is 291. The zero-order valence-corrected chi connectivity index (χ0v) is 11.0. The molecule has 0 aliphatic carbocycles. The van der Waals surface area contributed by atoms with Gasteiger partial charge < -0.3 is 5.32 Å². The van der Waals surface area contributed by atoms with Gasteiger partial charge in [-0.3, -0.25) is 4.68 Å². The van der Waals surface area contributed by atoms with Gasteiger partial charge in [-0.1, -0.05) is 27.2 Å². The first-order chi connectivity index (χ1) is 7.63. The minimum absolute atomic E-state index is 0.517. The fraction of sp³-hybridized carbons (Fsp3) is 0.769. The van der Waals surface area contributed by atoms with Gasteiger partial charge in [0.25, 0.3) is 0 Å². The summed E-state index contributed by atoms with van der Waals surface area (Å²) in [5, 5.41) is 7.84. The van der Waals surface area contributed by atoms with Gasteiger partial charge in [-0.25, -0.2) is 0 Å². The highest BCUT2D eigenvalue weighted by Gasteiger charge is 2.05. The van der Waals surface area contributed by atoms with Gasteiger partial charge in [0.1, 0.15) is 0 Å². The van der Waals surface area contributed by atoms with Crippen LogP contribution in [0.25, 0.3) is 0 Å². The molecule has 16 heavy (non-hydrogen) atoms. The van der Waals surface area contributed by atoms with E-state index >= 15 is 0 Å². The Labute approximate surface area is 99.2 Å². The Kier molecular flexibility index (Phi) is 5.53. The predicted molar refractivity (Wildman–Crippen MR) is 68.4 cm³/mol. The molecule has 3 nitrogen and oxygen atoms in total. The molecule has 1 unspecified atom stereocenters. The number of hydrogen-bond donors (Lipinski definition) is 1. The van der Waals surface area contributed by atoms with Gasteiger partial charge in [0.2, 0.25) is 0 Å². The maximum Gasteiger partial charge on any atom is 0.0534 e. The maximum absolute atomic E-state index is 4.41. The van der Waals surface area contributed by atoms with E-state index in [9.17, 15) is 0 Å². The fourth-order valence-electron chi connectivity index (χ4n) is 1.76. The minimum atomic E-state index is 0.517. The molecule has 1 heterocycles. The predicted octanol–water partition coefficient (Wildman–Crippen LogP) is 2.99. The van der Waals surface area contributed by atoms with E-state index in [0.717, 1.165) is 13.1 Å². The van der Waals surface area contributed by atoms with E-state index in [4.69, 9.17) is 0 Å². The van der Waals surface area contributed by atoms with E-state index in [0.29, 0.717) is 12.0 Å². The topological polar surface area (TPSA) is 29.9 Å². The Morgan fingerprint density at radius 2 is 2.12 bits per heavy atom. The van der Waals surface area contributed by atoms with Crippen LogP contribution < -0.4 is 5.32 Å². The van der Waals surface area contributed by atoms with E-state index in [1.54, 1.807) is 0 Å². The summed E-state index contributed by atoms with van der Waals surface area (Å²) < 4.78 is 2.08. The Hall–Kier alpha value is -0.830. The molecule has 1 N–H and O–H groups in total. The molecule has 0 aromatic carbocycles. The molecule has 92 valence electrons. The average Bonchev–Trinajstić information content (AvgIpc) is 2.66. The summed E-state index contributed by atoms with van der Waals surface area (Å²) >= 11 is 0. The van der Waals surface area contributed by atoms with Crippen molar-refractivity contribution in [2.45, 2.75) is 53.1 Å². The van der Waals surface area contributed by atoms with Crippen LogP contribution in [0.5, 0.6) is 0 Å². The minimum Gasteiger partial charge on any atom is -0.312 e. The second-order valence-corrected chi connectivity index (χ2v) is 4.99. The van der Waals surface area contributed by atoms with Crippen LogP contribution in [0.4, 0.5) is 0 Å². The lowest BCUT2D eigenvalue weighted by Crippen LogP contribution is -2.18. The second-order valence-electron chi connectivity index (χ2n) is 4.99. The molecule has 0 fully saturated rings. The normalized spacial score (nSPS) is 13.3. The molecule has 0 bridgehead atoms. The van der Waals surface area contributed by atoms with Gasteiger partial charge in [0.15, 0.2) is 0 Å². The van der Waals surface area contributed by atoms with Crippen molar-refractivity contribution in [1.29, 1.82) is 0 Å². The van der Waals surface area contributed by atoms with E-state index < -0.39 is 0 Å². The molecule has 1 aromatic rings. The van der Waals surface area contributed by atoms with Crippen molar-refractivity contribution in [3.63, 3.8) is 0 Å². The summed E-state index contributed by atoms with van der Waals surface area (Å²) in [5.41, 5.74) is 1.28. The van der Waals surface area contributed by atoms with Crippen LogP contribution in [0.2, 0.25) is 0 Å². The summed E-state index contributed by atoms with van der Waals surface area (Å²) in [5.74, 6) is 0.703. The molecule has 0 radical (unpaired) electrons. The lowest BCUT2D eigenvalue weighted by atomic mass is 10.2. The summed E-state index contributed by atoms with van der Waals surface area (Å²) in [6, 6.07) is 0.517. The molecule has 1 aromatic heterocycles. The van der Waals surface area contributed by atoms with Crippen LogP contribution >= 0.6 is 0 Å². The lowest BCUT2D eigenvalue weighted by Gasteiger charge is -2.10. The van der Waals surface area contributed by atoms with Gasteiger partial charge in [-0.15, -0.1) is 0 Å². The zero-order valence-electron chi connectivity index (χ0n) is 11.0. The molecular formula is C13H25N3. The van der Waals surface area contributed by atoms with Crippen LogP contribution in [0, 0.1) is 5.92 Å². The molecule has 0 saturated carbocycles. The summed E-state index contributed by atoms with van der Waals surface area (Å²) in [6.45, 7) is 10.9. The van der Waals surface area contributed by atoms with Gasteiger partial charge in [0, 0.05) is 24.3 Å². The molecule has 0 saturated heterocycles. The quantitative estimate of drug-likeness (QED) is 0.770. The number of hydrogen-bond acceptors (Lipinski definition) is 2. The van der Waals surface area contributed by atoms with Crippen molar-refractivity contribution >= 4 is 0 Å². The first kappa shape index (κ1) is 13.2. The van der Waals surface area contributed by atoms with Crippen molar-refractivity contribution < 1.29 is 0 Å². The molecule has 0 aliphatic heterocycles. The molecule has 0 spiro atoms. The fourth-order valence-corrected chi connectivity index (χ4v) is 1.76. The zero-order chi connectivity index (χ0) is 12.0. The Morgan fingerprint density at radius 1 is 1.38 bits per heavy atom. The summed E-state index contributed by atoms with van der Waals surface area (Å²) in [4.78, 5) is 0. The van der Waals surface area contributed by atoms with Crippen LogP contribution in [-0.2, 0) is 6.54 Å². The lowest BCUT2D eigenvalue weighted by molar-refractivity contribution is 0.454. The summed E-state index contributed by atoms with van der Waals surface area (Å²) in [6.07, 6.45) is 6.54. The second kappa shape index (κ2) is 6.69. The summed E-state index contributed by atoms with van der Waals surface area (Å²) in [7, 11) is 0. The Balaban J connectivity index is 2.39. The van der Waals surface area contributed by atoms with E-state index in [1.165, 1.54) is 18.4 Å². The number of rotatable bonds is 7. The van der Waals surface area contributed by atoms with Gasteiger partial charge >= 0.3 is 0 Å². The van der Waals surface area contributed by atoms with Crippen LogP contribution in [0.1, 0.15) is 52.1 Å². The molecule has 0 amide bonds. The van der Waals surface area contributed by atoms with Gasteiger partial charge in [0.05, 0.1) is 6.20 Å². The third kappa shape index (κ3) is 4.35. The van der Waals surface area contributed by atoms with Crippen molar-refractivity contribution in [3.05, 3.63) is 18.0 Å². The van der Waals surface area contributed by atoms with Crippen molar-refractivity contribution in [1.82, 2.24) is 15.1 Å². The standard InChI is InChI=1S/C13H25N3/c1-5-6-12(4)16-10-13(9-15-16)8-14-7-11(2)3/h9-12,14H,5-8H2,1-4H3. The molecular weight excluding hydrogens is 198 g/mol. The van der Waals surface area contributed by atoms with E-state index in [1.807, 2.05) is 6.20 Å². The first-order valence-electron chi connectivity index (χ1n) is 6.37. The third-order valence-electron chi connectivity index (χ3n) is 2.69. The smallest absolute Gasteiger partial charge is 0.0534 e. The van der Waals surface area contributed by atoms with Crippen LogP contribution in [0.15, 0.2) is 12.4 Å². The molecule has 1 rings (SSSR count). The third-order valence-corrected chi connectivity index (χ3v) is 2.69. The average molecular weight is 223 g/mol. The highest BCUT2D eigenvalue weighted by Crippen LogP contribution is 2.12. The molecule has 0 aliphatic rings. The van der Waals surface area contributed by atoms with E-state index in [2.05, 4.69) is 49.0 Å². The SMILES string of the molecule is CCCC(C)n1cc(CNCC(C)C)cn1. The molecule has 1 atom stereocenters. The van der Waals surface area contributed by atoms with Crippen molar-refractivity contribution in [2.75, 3.05) is 6.54 Å².